The molecule has 0 aliphatic rings. The minimum absolute atomic E-state index is 0.216. The Labute approximate surface area is 58.6 Å². The van der Waals surface area contributed by atoms with E-state index in [-0.39, 0.29) is 13.0 Å². The molecule has 0 fully saturated rings. The molecule has 0 rings (SSSR count). The van der Waals surface area contributed by atoms with Crippen LogP contribution >= 0.6 is 0 Å². The van der Waals surface area contributed by atoms with Gasteiger partial charge in [0, 0.05) is 0 Å². The predicted octanol–water partition coefficient (Wildman–Crippen LogP) is -1.89. The van der Waals surface area contributed by atoms with E-state index in [4.69, 9.17) is 21.7 Å². The number of aliphatic hydroxyl groups is 1. The molecule has 60 valence electrons. The minimum Gasteiger partial charge on any atom is -0.480 e. The molecule has 0 aromatic heterocycles. The molecule has 5 heteroatoms. The SMILES string of the molecule is NCC[C@H](O)[C@@H](N)C(=O)O. The third kappa shape index (κ3) is 2.77. The van der Waals surface area contributed by atoms with E-state index in [0.29, 0.717) is 0 Å². The van der Waals surface area contributed by atoms with Gasteiger partial charge >= 0.3 is 5.97 Å². The number of rotatable bonds is 4. The lowest BCUT2D eigenvalue weighted by molar-refractivity contribution is -0.141. The molecule has 0 saturated carbocycles. The van der Waals surface area contributed by atoms with E-state index in [9.17, 15) is 4.79 Å². The van der Waals surface area contributed by atoms with Crippen LogP contribution in [0.1, 0.15) is 6.42 Å². The second-order valence-electron chi connectivity index (χ2n) is 2.01. The Morgan fingerprint density at radius 3 is 2.40 bits per heavy atom. The summed E-state index contributed by atoms with van der Waals surface area (Å²) in [6, 6.07) is -1.22. The maximum absolute atomic E-state index is 10.1. The van der Waals surface area contributed by atoms with E-state index in [1.54, 1.807) is 0 Å². The van der Waals surface area contributed by atoms with Crippen molar-refractivity contribution in [2.24, 2.45) is 11.5 Å². The van der Waals surface area contributed by atoms with Gasteiger partial charge in [0.1, 0.15) is 6.04 Å². The lowest BCUT2D eigenvalue weighted by Gasteiger charge is -2.12. The Balaban J connectivity index is 3.69. The lowest BCUT2D eigenvalue weighted by Crippen LogP contribution is -2.42. The molecule has 0 amide bonds. The third-order valence-electron chi connectivity index (χ3n) is 1.16. The fraction of sp³-hybridized carbons (Fsp3) is 0.800. The molecule has 0 unspecified atom stereocenters. The van der Waals surface area contributed by atoms with Crippen molar-refractivity contribution in [3.8, 4) is 0 Å². The molecule has 0 aliphatic heterocycles. The summed E-state index contributed by atoms with van der Waals surface area (Å²) >= 11 is 0. The van der Waals surface area contributed by atoms with Crippen molar-refractivity contribution >= 4 is 5.97 Å². The average molecular weight is 148 g/mol. The van der Waals surface area contributed by atoms with Gasteiger partial charge in [0.05, 0.1) is 6.10 Å². The number of carbonyl (C=O) groups is 1. The molecule has 0 aromatic rings. The number of carboxylic acids is 1. The number of hydrogen-bond acceptors (Lipinski definition) is 4. The van der Waals surface area contributed by atoms with Crippen molar-refractivity contribution in [3.05, 3.63) is 0 Å². The maximum atomic E-state index is 10.1. The van der Waals surface area contributed by atoms with Crippen molar-refractivity contribution < 1.29 is 15.0 Å². The maximum Gasteiger partial charge on any atom is 0.323 e. The van der Waals surface area contributed by atoms with E-state index in [1.807, 2.05) is 0 Å². The van der Waals surface area contributed by atoms with Gasteiger partial charge in [-0.2, -0.15) is 0 Å². The van der Waals surface area contributed by atoms with E-state index >= 15 is 0 Å². The first-order valence-electron chi connectivity index (χ1n) is 2.96. The first-order chi connectivity index (χ1) is 4.59. The highest BCUT2D eigenvalue weighted by molar-refractivity contribution is 5.73. The van der Waals surface area contributed by atoms with Crippen LogP contribution in [0.25, 0.3) is 0 Å². The molecule has 6 N–H and O–H groups in total. The first-order valence-corrected chi connectivity index (χ1v) is 2.96. The summed E-state index contributed by atoms with van der Waals surface area (Å²) < 4.78 is 0. The van der Waals surface area contributed by atoms with Crippen LogP contribution in [-0.4, -0.2) is 34.9 Å². The number of aliphatic hydroxyl groups excluding tert-OH is 1. The molecule has 0 spiro atoms. The first kappa shape index (κ1) is 9.35. The monoisotopic (exact) mass is 148 g/mol. The van der Waals surface area contributed by atoms with Crippen LogP contribution in [0.15, 0.2) is 0 Å². The van der Waals surface area contributed by atoms with Gasteiger partial charge in [-0.05, 0) is 13.0 Å². The molecular formula is C5H12N2O3. The zero-order valence-corrected chi connectivity index (χ0v) is 5.53. The number of aliphatic carboxylic acids is 1. The Morgan fingerprint density at radius 2 is 2.10 bits per heavy atom. The fourth-order valence-electron chi connectivity index (χ4n) is 0.515. The Morgan fingerprint density at radius 1 is 1.60 bits per heavy atom. The zero-order chi connectivity index (χ0) is 8.15. The molecule has 5 nitrogen and oxygen atoms in total. The fourth-order valence-corrected chi connectivity index (χ4v) is 0.515. The van der Waals surface area contributed by atoms with E-state index in [0.717, 1.165) is 0 Å². The van der Waals surface area contributed by atoms with Gasteiger partial charge in [0.25, 0.3) is 0 Å². The van der Waals surface area contributed by atoms with Gasteiger partial charge in [0.15, 0.2) is 0 Å². The summed E-state index contributed by atoms with van der Waals surface area (Å²) in [7, 11) is 0. The van der Waals surface area contributed by atoms with Gasteiger partial charge in [-0.25, -0.2) is 0 Å². The molecule has 2 atom stereocenters. The standard InChI is InChI=1S/C5H12N2O3/c6-2-1-3(8)4(7)5(9)10/h3-4,8H,1-2,6-7H2,(H,9,10)/t3-,4+/m0/s1. The zero-order valence-electron chi connectivity index (χ0n) is 5.53. The number of carboxylic acid groups (broad SMARTS) is 1. The van der Waals surface area contributed by atoms with Crippen molar-refractivity contribution in [3.63, 3.8) is 0 Å². The highest BCUT2D eigenvalue weighted by Gasteiger charge is 2.20. The topological polar surface area (TPSA) is 110 Å². The highest BCUT2D eigenvalue weighted by Crippen LogP contribution is 1.94. The largest absolute Gasteiger partial charge is 0.480 e. The summed E-state index contributed by atoms with van der Waals surface area (Å²) in [5.74, 6) is -1.21. The summed E-state index contributed by atoms with van der Waals surface area (Å²) in [5, 5.41) is 17.2. The third-order valence-corrected chi connectivity index (χ3v) is 1.16. The number of hydrogen-bond donors (Lipinski definition) is 4. The predicted molar refractivity (Wildman–Crippen MR) is 35.3 cm³/mol. The molecule has 0 aliphatic carbocycles. The van der Waals surface area contributed by atoms with E-state index in [1.165, 1.54) is 0 Å². The van der Waals surface area contributed by atoms with Gasteiger partial charge in [0.2, 0.25) is 0 Å². The van der Waals surface area contributed by atoms with Crippen LogP contribution in [0.5, 0.6) is 0 Å². The Kier molecular flexibility index (Phi) is 3.94. The lowest BCUT2D eigenvalue weighted by atomic mass is 10.1. The normalized spacial score (nSPS) is 16.3. The van der Waals surface area contributed by atoms with Crippen LogP contribution in [0.4, 0.5) is 0 Å². The van der Waals surface area contributed by atoms with Gasteiger partial charge in [-0.3, -0.25) is 4.79 Å². The number of nitrogens with two attached hydrogens (primary N) is 2. The van der Waals surface area contributed by atoms with Crippen molar-refractivity contribution in [2.45, 2.75) is 18.6 Å². The quantitative estimate of drug-likeness (QED) is 0.372. The summed E-state index contributed by atoms with van der Waals surface area (Å²) in [6.45, 7) is 0.238. The van der Waals surface area contributed by atoms with Crippen molar-refractivity contribution in [1.29, 1.82) is 0 Å². The van der Waals surface area contributed by atoms with Crippen molar-refractivity contribution in [1.82, 2.24) is 0 Å². The molecular weight excluding hydrogens is 136 g/mol. The summed E-state index contributed by atoms with van der Waals surface area (Å²) in [4.78, 5) is 10.1. The molecule has 0 saturated heterocycles. The smallest absolute Gasteiger partial charge is 0.323 e. The second kappa shape index (κ2) is 4.21. The van der Waals surface area contributed by atoms with E-state index < -0.39 is 18.1 Å². The van der Waals surface area contributed by atoms with Crippen molar-refractivity contribution in [2.75, 3.05) is 6.54 Å². The minimum atomic E-state index is -1.22. The summed E-state index contributed by atoms with van der Waals surface area (Å²) in [6.07, 6.45) is -0.824. The average Bonchev–Trinajstić information content (AvgIpc) is 1.87. The molecule has 0 bridgehead atoms. The molecule has 10 heavy (non-hydrogen) atoms. The molecule has 0 aromatic carbocycles. The Bertz CT molecular complexity index is 117. The van der Waals surface area contributed by atoms with Gasteiger partial charge in [-0.15, -0.1) is 0 Å². The molecule has 0 heterocycles. The molecule has 0 radical (unpaired) electrons. The second-order valence-corrected chi connectivity index (χ2v) is 2.01. The Hall–Kier alpha value is -0.650. The van der Waals surface area contributed by atoms with Crippen LogP contribution in [0, 0.1) is 0 Å². The summed E-state index contributed by atoms with van der Waals surface area (Å²) in [5.41, 5.74) is 10.1. The highest BCUT2D eigenvalue weighted by atomic mass is 16.4. The van der Waals surface area contributed by atoms with Crippen LogP contribution in [-0.2, 0) is 4.79 Å². The van der Waals surface area contributed by atoms with E-state index in [2.05, 4.69) is 0 Å². The van der Waals surface area contributed by atoms with Crippen LogP contribution < -0.4 is 11.5 Å². The van der Waals surface area contributed by atoms with Gasteiger partial charge in [-0.1, -0.05) is 0 Å². The van der Waals surface area contributed by atoms with Crippen LogP contribution in [0.2, 0.25) is 0 Å². The van der Waals surface area contributed by atoms with Gasteiger partial charge < -0.3 is 21.7 Å². The van der Waals surface area contributed by atoms with Crippen LogP contribution in [0.3, 0.4) is 0 Å².